The molecule has 0 aliphatic carbocycles. The average Bonchev–Trinajstić information content (AvgIpc) is 3.13. The van der Waals surface area contributed by atoms with Gasteiger partial charge < -0.3 is 14.2 Å². The van der Waals surface area contributed by atoms with E-state index in [1.54, 1.807) is 18.2 Å². The van der Waals surface area contributed by atoms with Crippen molar-refractivity contribution in [1.29, 1.82) is 5.26 Å². The Morgan fingerprint density at radius 3 is 2.21 bits per heavy atom. The number of rotatable bonds is 7. The summed E-state index contributed by atoms with van der Waals surface area (Å²) in [5.41, 5.74) is 0.209. The van der Waals surface area contributed by atoms with E-state index in [4.69, 9.17) is 14.2 Å². The number of methoxy groups -OCH3 is 3. The first-order valence-corrected chi connectivity index (χ1v) is 10.2. The third-order valence-corrected chi connectivity index (χ3v) is 5.81. The fraction of sp³-hybridized carbons (Fsp3) is 0.250. The van der Waals surface area contributed by atoms with E-state index in [-0.39, 0.29) is 15.0 Å². The van der Waals surface area contributed by atoms with Crippen molar-refractivity contribution in [2.75, 3.05) is 32.9 Å². The lowest BCUT2D eigenvalue weighted by molar-refractivity contribution is -0.112. The smallest absolute Gasteiger partial charge is 0.268 e. The third kappa shape index (κ3) is 4.76. The minimum absolute atomic E-state index is 0.0449. The topological polar surface area (TPSA) is 140 Å². The van der Waals surface area contributed by atoms with E-state index in [2.05, 4.69) is 15.5 Å². The van der Waals surface area contributed by atoms with Gasteiger partial charge in [-0.3, -0.25) is 10.1 Å². The molecule has 1 amide bonds. The molecule has 2 aromatic rings. The fourth-order valence-corrected chi connectivity index (χ4v) is 3.58. The van der Waals surface area contributed by atoms with Crippen LogP contribution in [0.1, 0.15) is 5.56 Å². The number of aromatic nitrogens is 2. The Morgan fingerprint density at radius 2 is 1.79 bits per heavy atom. The van der Waals surface area contributed by atoms with Gasteiger partial charge in [0.25, 0.3) is 5.91 Å². The Bertz CT molecular complexity index is 1040. The van der Waals surface area contributed by atoms with Gasteiger partial charge in [0, 0.05) is 6.26 Å². The molecule has 0 aliphatic heterocycles. The highest BCUT2D eigenvalue weighted by Gasteiger charge is 2.18. The molecule has 0 fully saturated rings. The van der Waals surface area contributed by atoms with Gasteiger partial charge in [0.15, 0.2) is 11.5 Å². The van der Waals surface area contributed by atoms with Crippen LogP contribution in [0.2, 0.25) is 0 Å². The number of nitrogens with one attached hydrogen (secondary N) is 1. The summed E-state index contributed by atoms with van der Waals surface area (Å²) < 4.78 is 38.3. The number of nitriles is 1. The van der Waals surface area contributed by atoms with Crippen molar-refractivity contribution < 1.29 is 27.4 Å². The molecular formula is C16H16N4O6S2. The SMILES string of the molecule is COc1cc(C=C(C#N)C(=O)Nc2nnc(S(C)(=O)=O)s2)cc(OC)c1OC. The molecule has 2 rings (SSSR count). The average molecular weight is 424 g/mol. The Labute approximate surface area is 165 Å². The second kappa shape index (κ2) is 8.68. The van der Waals surface area contributed by atoms with E-state index in [0.29, 0.717) is 34.1 Å². The van der Waals surface area contributed by atoms with E-state index in [1.807, 2.05) is 0 Å². The molecule has 148 valence electrons. The lowest BCUT2D eigenvalue weighted by atomic mass is 10.1. The largest absolute Gasteiger partial charge is 0.493 e. The number of carbonyl (C=O) groups excluding carboxylic acids is 1. The van der Waals surface area contributed by atoms with Gasteiger partial charge >= 0.3 is 0 Å². The lowest BCUT2D eigenvalue weighted by Crippen LogP contribution is -2.13. The van der Waals surface area contributed by atoms with Crippen LogP contribution in [0.5, 0.6) is 17.2 Å². The first kappa shape index (κ1) is 21.1. The molecular weight excluding hydrogens is 408 g/mol. The maximum absolute atomic E-state index is 12.3. The molecule has 1 N–H and O–H groups in total. The van der Waals surface area contributed by atoms with Gasteiger partial charge in [-0.25, -0.2) is 8.42 Å². The van der Waals surface area contributed by atoms with Crippen LogP contribution in [-0.4, -0.2) is 52.1 Å². The highest BCUT2D eigenvalue weighted by atomic mass is 32.2. The van der Waals surface area contributed by atoms with Crippen molar-refractivity contribution >= 4 is 38.3 Å². The quantitative estimate of drug-likeness (QED) is 0.398. The van der Waals surface area contributed by atoms with Crippen LogP contribution in [0.3, 0.4) is 0 Å². The Morgan fingerprint density at radius 1 is 1.18 bits per heavy atom. The minimum atomic E-state index is -3.54. The van der Waals surface area contributed by atoms with Crippen LogP contribution in [0.4, 0.5) is 5.13 Å². The number of hydrogen-bond acceptors (Lipinski definition) is 10. The van der Waals surface area contributed by atoms with E-state index < -0.39 is 15.7 Å². The van der Waals surface area contributed by atoms with Gasteiger partial charge in [0.05, 0.1) is 21.3 Å². The maximum Gasteiger partial charge on any atom is 0.268 e. The molecule has 0 atom stereocenters. The summed E-state index contributed by atoms with van der Waals surface area (Å²) in [5.74, 6) is 0.306. The fourth-order valence-electron chi connectivity index (χ4n) is 2.07. The molecule has 12 heteroatoms. The number of sulfone groups is 1. The Balaban J connectivity index is 2.34. The zero-order chi connectivity index (χ0) is 20.9. The second-order valence-electron chi connectivity index (χ2n) is 5.23. The van der Waals surface area contributed by atoms with Crippen LogP contribution in [-0.2, 0) is 14.6 Å². The molecule has 0 unspecified atom stereocenters. The first-order valence-electron chi connectivity index (χ1n) is 7.50. The molecule has 1 aromatic heterocycles. The summed E-state index contributed by atoms with van der Waals surface area (Å²) in [4.78, 5) is 12.3. The molecule has 0 bridgehead atoms. The van der Waals surface area contributed by atoms with Gasteiger partial charge in [-0.2, -0.15) is 5.26 Å². The number of anilines is 1. The second-order valence-corrected chi connectivity index (χ2v) is 8.39. The molecule has 1 heterocycles. The minimum Gasteiger partial charge on any atom is -0.493 e. The van der Waals surface area contributed by atoms with Crippen molar-refractivity contribution in [3.05, 3.63) is 23.3 Å². The standard InChI is InChI=1S/C16H16N4O6S2/c1-24-11-6-9(7-12(25-2)13(11)26-3)5-10(8-17)14(21)18-15-19-20-16(27-15)28(4,22)23/h5-7H,1-4H3,(H,18,19,21). The monoisotopic (exact) mass is 424 g/mol. The number of carbonyl (C=O) groups is 1. The van der Waals surface area contributed by atoms with Crippen LogP contribution < -0.4 is 19.5 Å². The van der Waals surface area contributed by atoms with E-state index in [1.165, 1.54) is 27.4 Å². The summed E-state index contributed by atoms with van der Waals surface area (Å²) in [6, 6.07) is 4.92. The van der Waals surface area contributed by atoms with Crippen molar-refractivity contribution in [2.45, 2.75) is 4.34 Å². The number of ether oxygens (including phenoxy) is 3. The summed E-state index contributed by atoms with van der Waals surface area (Å²) in [6.45, 7) is 0. The highest BCUT2D eigenvalue weighted by Crippen LogP contribution is 2.38. The molecule has 10 nitrogen and oxygen atoms in total. The third-order valence-electron chi connectivity index (χ3n) is 3.31. The normalized spacial score (nSPS) is 11.5. The molecule has 0 saturated heterocycles. The molecule has 0 saturated carbocycles. The summed E-state index contributed by atoms with van der Waals surface area (Å²) in [7, 11) is 0.799. The number of nitrogens with zero attached hydrogens (tertiary/aromatic N) is 3. The molecule has 0 aliphatic rings. The van der Waals surface area contributed by atoms with Gasteiger partial charge in [0.1, 0.15) is 11.6 Å². The van der Waals surface area contributed by atoms with Crippen LogP contribution in [0.15, 0.2) is 22.0 Å². The molecule has 0 radical (unpaired) electrons. The number of hydrogen-bond donors (Lipinski definition) is 1. The maximum atomic E-state index is 12.3. The van der Waals surface area contributed by atoms with Gasteiger partial charge in [-0.15, -0.1) is 10.2 Å². The highest BCUT2D eigenvalue weighted by molar-refractivity contribution is 7.92. The van der Waals surface area contributed by atoms with Crippen molar-refractivity contribution in [2.24, 2.45) is 0 Å². The van der Waals surface area contributed by atoms with Crippen LogP contribution in [0, 0.1) is 11.3 Å². The lowest BCUT2D eigenvalue weighted by Gasteiger charge is -2.13. The van der Waals surface area contributed by atoms with Crippen LogP contribution >= 0.6 is 11.3 Å². The summed E-state index contributed by atoms with van der Waals surface area (Å²) in [6.07, 6.45) is 2.29. The first-order chi connectivity index (χ1) is 13.2. The van der Waals surface area contributed by atoms with Crippen LogP contribution in [0.25, 0.3) is 6.08 Å². The number of benzene rings is 1. The predicted molar refractivity (Wildman–Crippen MR) is 101 cm³/mol. The van der Waals surface area contributed by atoms with Gasteiger partial charge in [0.2, 0.25) is 25.1 Å². The summed E-state index contributed by atoms with van der Waals surface area (Å²) >= 11 is 0.684. The molecule has 1 aromatic carbocycles. The summed E-state index contributed by atoms with van der Waals surface area (Å²) in [5, 5.41) is 18.7. The zero-order valence-electron chi connectivity index (χ0n) is 15.3. The van der Waals surface area contributed by atoms with Gasteiger partial charge in [-0.1, -0.05) is 11.3 Å². The van der Waals surface area contributed by atoms with Crippen molar-refractivity contribution in [1.82, 2.24) is 10.2 Å². The number of amides is 1. The van der Waals surface area contributed by atoms with E-state index in [0.717, 1.165) is 6.26 Å². The van der Waals surface area contributed by atoms with Crippen molar-refractivity contribution in [3.8, 4) is 23.3 Å². The Hall–Kier alpha value is -3.17. The molecule has 0 spiro atoms. The van der Waals surface area contributed by atoms with Gasteiger partial charge in [-0.05, 0) is 23.8 Å². The molecule has 28 heavy (non-hydrogen) atoms. The van der Waals surface area contributed by atoms with E-state index in [9.17, 15) is 18.5 Å². The predicted octanol–water partition coefficient (Wildman–Crippen LogP) is 1.51. The zero-order valence-corrected chi connectivity index (χ0v) is 17.0. The Kier molecular flexibility index (Phi) is 6.55. The van der Waals surface area contributed by atoms with Crippen molar-refractivity contribution in [3.63, 3.8) is 0 Å². The van der Waals surface area contributed by atoms with E-state index >= 15 is 0 Å².